The van der Waals surface area contributed by atoms with Crippen LogP contribution in [0, 0.1) is 13.8 Å². The second-order valence-electron chi connectivity index (χ2n) is 6.60. The van der Waals surface area contributed by atoms with Crippen molar-refractivity contribution < 1.29 is 0 Å². The molecule has 1 aliphatic heterocycles. The largest absolute Gasteiger partial charge is 0.272 e. The van der Waals surface area contributed by atoms with Gasteiger partial charge in [-0.2, -0.15) is 0 Å². The Kier molecular flexibility index (Phi) is 5.48. The molecule has 0 amide bonds. The van der Waals surface area contributed by atoms with E-state index in [4.69, 9.17) is 4.98 Å². The molecule has 27 heavy (non-hydrogen) atoms. The number of thioether (sulfide) groups is 2. The molecule has 0 aliphatic carbocycles. The summed E-state index contributed by atoms with van der Waals surface area (Å²) in [6.07, 6.45) is 0.869. The highest BCUT2D eigenvalue weighted by molar-refractivity contribution is 9.10. The fourth-order valence-corrected chi connectivity index (χ4v) is 5.49. The first-order chi connectivity index (χ1) is 13.0. The van der Waals surface area contributed by atoms with Crippen LogP contribution in [0.5, 0.6) is 0 Å². The predicted octanol–water partition coefficient (Wildman–Crippen LogP) is 5.55. The molecule has 0 spiro atoms. The van der Waals surface area contributed by atoms with E-state index in [9.17, 15) is 4.79 Å². The molecule has 0 saturated heterocycles. The second kappa shape index (κ2) is 7.86. The standard InChI is InChI=1S/C21H19BrN2OS2/c1-13-3-4-14(2)15(11-13)12-27-21-23-18-9-10-26-19(18)20(25)24(21)17-7-5-16(22)6-8-17/h3-8,11H,9-10,12H2,1-2H3. The lowest BCUT2D eigenvalue weighted by atomic mass is 10.1. The third-order valence-electron chi connectivity index (χ3n) is 4.61. The zero-order valence-corrected chi connectivity index (χ0v) is 18.4. The van der Waals surface area contributed by atoms with Gasteiger partial charge in [0, 0.05) is 22.4 Å². The van der Waals surface area contributed by atoms with Crippen molar-refractivity contribution >= 4 is 39.5 Å². The van der Waals surface area contributed by atoms with Crippen LogP contribution in [-0.2, 0) is 12.2 Å². The number of aryl methyl sites for hydroxylation is 3. The van der Waals surface area contributed by atoms with Crippen molar-refractivity contribution in [2.75, 3.05) is 5.75 Å². The highest BCUT2D eigenvalue weighted by Gasteiger charge is 2.22. The molecule has 1 aliphatic rings. The zero-order valence-electron chi connectivity index (χ0n) is 15.2. The molecule has 0 bridgehead atoms. The Morgan fingerprint density at radius 1 is 1.19 bits per heavy atom. The topological polar surface area (TPSA) is 34.9 Å². The van der Waals surface area contributed by atoms with Gasteiger partial charge >= 0.3 is 0 Å². The Morgan fingerprint density at radius 2 is 1.96 bits per heavy atom. The molecule has 0 radical (unpaired) electrons. The summed E-state index contributed by atoms with van der Waals surface area (Å²) in [6.45, 7) is 4.24. The van der Waals surface area contributed by atoms with E-state index in [2.05, 4.69) is 48.0 Å². The van der Waals surface area contributed by atoms with Crippen LogP contribution in [0.2, 0.25) is 0 Å². The predicted molar refractivity (Wildman–Crippen MR) is 117 cm³/mol. The summed E-state index contributed by atoms with van der Waals surface area (Å²) >= 11 is 6.72. The third-order valence-corrected chi connectivity index (χ3v) is 7.24. The monoisotopic (exact) mass is 458 g/mol. The van der Waals surface area contributed by atoms with Crippen molar-refractivity contribution in [1.82, 2.24) is 9.55 Å². The van der Waals surface area contributed by atoms with E-state index in [-0.39, 0.29) is 5.56 Å². The average Bonchev–Trinajstić information content (AvgIpc) is 3.12. The third kappa shape index (κ3) is 3.89. The zero-order chi connectivity index (χ0) is 19.0. The fourth-order valence-electron chi connectivity index (χ4n) is 3.11. The number of rotatable bonds is 4. The molecule has 3 nitrogen and oxygen atoms in total. The lowest BCUT2D eigenvalue weighted by Crippen LogP contribution is -2.23. The molecule has 0 fully saturated rings. The number of hydrogen-bond donors (Lipinski definition) is 0. The molecular formula is C21H19BrN2OS2. The van der Waals surface area contributed by atoms with Gasteiger partial charge in [-0.1, -0.05) is 51.5 Å². The molecule has 0 saturated carbocycles. The van der Waals surface area contributed by atoms with Gasteiger partial charge in [0.1, 0.15) is 0 Å². The normalized spacial score (nSPS) is 13.0. The lowest BCUT2D eigenvalue weighted by Gasteiger charge is -2.14. The van der Waals surface area contributed by atoms with Crippen molar-refractivity contribution in [3.63, 3.8) is 0 Å². The maximum Gasteiger partial charge on any atom is 0.272 e. The van der Waals surface area contributed by atoms with E-state index in [0.717, 1.165) is 43.8 Å². The minimum Gasteiger partial charge on any atom is -0.268 e. The van der Waals surface area contributed by atoms with Gasteiger partial charge in [0.25, 0.3) is 5.56 Å². The van der Waals surface area contributed by atoms with Gasteiger partial charge in [-0.25, -0.2) is 4.98 Å². The number of nitrogens with zero attached hydrogens (tertiary/aromatic N) is 2. The first-order valence-corrected chi connectivity index (χ1v) is 11.5. The van der Waals surface area contributed by atoms with E-state index in [0.29, 0.717) is 0 Å². The summed E-state index contributed by atoms with van der Waals surface area (Å²) in [5.74, 6) is 1.73. The molecule has 0 atom stereocenters. The van der Waals surface area contributed by atoms with Crippen molar-refractivity contribution in [1.29, 1.82) is 0 Å². The van der Waals surface area contributed by atoms with Crippen LogP contribution in [0.3, 0.4) is 0 Å². The number of hydrogen-bond acceptors (Lipinski definition) is 4. The maximum atomic E-state index is 13.2. The van der Waals surface area contributed by atoms with Gasteiger partial charge in [0.2, 0.25) is 0 Å². The summed E-state index contributed by atoms with van der Waals surface area (Å²) in [6, 6.07) is 14.3. The minimum atomic E-state index is 0.0493. The Bertz CT molecular complexity index is 1060. The molecule has 6 heteroatoms. The molecule has 0 unspecified atom stereocenters. The van der Waals surface area contributed by atoms with Crippen LogP contribution in [0.4, 0.5) is 0 Å². The molecule has 1 aromatic heterocycles. The summed E-state index contributed by atoms with van der Waals surface area (Å²) in [5, 5.41) is 0.768. The van der Waals surface area contributed by atoms with Gasteiger partial charge in [-0.3, -0.25) is 9.36 Å². The Labute approximate surface area is 175 Å². The number of benzene rings is 2. The van der Waals surface area contributed by atoms with Crippen LogP contribution >= 0.6 is 39.5 Å². The molecule has 2 heterocycles. The van der Waals surface area contributed by atoms with Gasteiger partial charge in [0.05, 0.1) is 16.3 Å². The lowest BCUT2D eigenvalue weighted by molar-refractivity contribution is 0.739. The summed E-state index contributed by atoms with van der Waals surface area (Å²) in [5.41, 5.74) is 5.65. The first-order valence-electron chi connectivity index (χ1n) is 8.76. The van der Waals surface area contributed by atoms with E-state index in [1.165, 1.54) is 16.7 Å². The van der Waals surface area contributed by atoms with Crippen molar-refractivity contribution in [3.8, 4) is 5.69 Å². The van der Waals surface area contributed by atoms with Gasteiger partial charge < -0.3 is 0 Å². The molecule has 0 N–H and O–H groups in total. The van der Waals surface area contributed by atoms with Crippen LogP contribution in [0.15, 0.2) is 61.8 Å². The minimum absolute atomic E-state index is 0.0493. The van der Waals surface area contributed by atoms with E-state index in [1.54, 1.807) is 28.1 Å². The number of aromatic nitrogens is 2. The van der Waals surface area contributed by atoms with Crippen molar-refractivity contribution in [2.24, 2.45) is 0 Å². The van der Waals surface area contributed by atoms with Crippen LogP contribution < -0.4 is 5.56 Å². The first kappa shape index (κ1) is 18.8. The highest BCUT2D eigenvalue weighted by atomic mass is 79.9. The fraction of sp³-hybridized carbons (Fsp3) is 0.238. The molecule has 2 aromatic carbocycles. The van der Waals surface area contributed by atoms with Crippen molar-refractivity contribution in [3.05, 3.63) is 79.7 Å². The van der Waals surface area contributed by atoms with Crippen molar-refractivity contribution in [2.45, 2.75) is 36.1 Å². The SMILES string of the molecule is Cc1ccc(C)c(CSc2nc3c(c(=O)n2-c2ccc(Br)cc2)SCC3)c1. The van der Waals surface area contributed by atoms with Gasteiger partial charge in [0.15, 0.2) is 5.16 Å². The highest BCUT2D eigenvalue weighted by Crippen LogP contribution is 2.31. The average molecular weight is 459 g/mol. The molecule has 3 aromatic rings. The molecule has 4 rings (SSSR count). The Balaban J connectivity index is 1.77. The number of fused-ring (bicyclic) bond motifs is 1. The Hall–Kier alpha value is -1.50. The van der Waals surface area contributed by atoms with E-state index >= 15 is 0 Å². The van der Waals surface area contributed by atoms with E-state index in [1.807, 2.05) is 24.3 Å². The Morgan fingerprint density at radius 3 is 2.74 bits per heavy atom. The quantitative estimate of drug-likeness (QED) is 0.379. The van der Waals surface area contributed by atoms with Crippen LogP contribution in [0.1, 0.15) is 22.4 Å². The molecular weight excluding hydrogens is 440 g/mol. The summed E-state index contributed by atoms with van der Waals surface area (Å²) in [4.78, 5) is 18.8. The number of halogens is 1. The van der Waals surface area contributed by atoms with Crippen LogP contribution in [-0.4, -0.2) is 15.3 Å². The summed E-state index contributed by atoms with van der Waals surface area (Å²) < 4.78 is 2.76. The molecule has 138 valence electrons. The van der Waals surface area contributed by atoms with Gasteiger partial charge in [-0.05, 0) is 49.2 Å². The summed E-state index contributed by atoms with van der Waals surface area (Å²) in [7, 11) is 0. The van der Waals surface area contributed by atoms with E-state index < -0.39 is 0 Å². The van der Waals surface area contributed by atoms with Gasteiger partial charge in [-0.15, -0.1) is 11.8 Å². The van der Waals surface area contributed by atoms with Crippen LogP contribution in [0.25, 0.3) is 5.69 Å². The smallest absolute Gasteiger partial charge is 0.268 e. The second-order valence-corrected chi connectivity index (χ2v) is 9.57. The maximum absolute atomic E-state index is 13.2.